The summed E-state index contributed by atoms with van der Waals surface area (Å²) in [6, 6.07) is 13.8. The Morgan fingerprint density at radius 1 is 1.09 bits per heavy atom. The summed E-state index contributed by atoms with van der Waals surface area (Å²) in [5.74, 6) is -0.970. The third kappa shape index (κ3) is 2.69. The molecule has 3 N–H and O–H groups in total. The second-order valence-corrected chi connectivity index (χ2v) is 5.09. The van der Waals surface area contributed by atoms with Crippen LogP contribution in [-0.4, -0.2) is 16.1 Å². The Hall–Kier alpha value is -3.08. The van der Waals surface area contributed by atoms with Crippen LogP contribution in [0.5, 0.6) is 0 Å². The molecule has 2 aromatic carbocycles. The van der Waals surface area contributed by atoms with Gasteiger partial charge >= 0.3 is 5.97 Å². The Kier molecular flexibility index (Phi) is 3.39. The van der Waals surface area contributed by atoms with E-state index in [1.165, 1.54) is 6.07 Å². The normalized spacial score (nSPS) is 10.6. The van der Waals surface area contributed by atoms with Crippen molar-refractivity contribution < 1.29 is 9.90 Å². The summed E-state index contributed by atoms with van der Waals surface area (Å²) >= 11 is 0. The standard InChI is InChI=1S/C17H14N2O3/c1-10-7-16(20)19-15-9-13(5-6-14(10)15)18-12-4-2-3-11(8-12)17(21)22/h2-9,18H,1H3,(H,19,20)(H,21,22). The summed E-state index contributed by atoms with van der Waals surface area (Å²) < 4.78 is 0. The molecule has 1 aromatic heterocycles. The van der Waals surface area contributed by atoms with Gasteiger partial charge in [0.2, 0.25) is 5.56 Å². The monoisotopic (exact) mass is 294 g/mol. The third-order valence-corrected chi connectivity index (χ3v) is 3.45. The fraction of sp³-hybridized carbons (Fsp3) is 0.0588. The molecule has 0 bridgehead atoms. The second kappa shape index (κ2) is 5.37. The van der Waals surface area contributed by atoms with E-state index < -0.39 is 5.97 Å². The number of hydrogen-bond acceptors (Lipinski definition) is 3. The maximum Gasteiger partial charge on any atom is 0.335 e. The quantitative estimate of drug-likeness (QED) is 0.692. The largest absolute Gasteiger partial charge is 0.478 e. The molecule has 0 fully saturated rings. The number of pyridine rings is 1. The number of carbonyl (C=O) groups is 1. The van der Waals surface area contributed by atoms with Crippen molar-refractivity contribution >= 4 is 28.2 Å². The molecule has 0 spiro atoms. The van der Waals surface area contributed by atoms with Gasteiger partial charge in [0.25, 0.3) is 0 Å². The molecular weight excluding hydrogens is 280 g/mol. The van der Waals surface area contributed by atoms with Crippen LogP contribution in [0.4, 0.5) is 11.4 Å². The van der Waals surface area contributed by atoms with Crippen LogP contribution >= 0.6 is 0 Å². The van der Waals surface area contributed by atoms with Crippen LogP contribution in [0.25, 0.3) is 10.9 Å². The minimum Gasteiger partial charge on any atom is -0.478 e. The van der Waals surface area contributed by atoms with Crippen molar-refractivity contribution in [3.05, 3.63) is 70.0 Å². The number of aromatic nitrogens is 1. The summed E-state index contributed by atoms with van der Waals surface area (Å²) in [5.41, 5.74) is 3.18. The van der Waals surface area contributed by atoms with E-state index in [4.69, 9.17) is 5.11 Å². The van der Waals surface area contributed by atoms with Gasteiger partial charge in [-0.15, -0.1) is 0 Å². The number of carboxylic acid groups (broad SMARTS) is 1. The van der Waals surface area contributed by atoms with Gasteiger partial charge in [0.15, 0.2) is 0 Å². The van der Waals surface area contributed by atoms with E-state index in [2.05, 4.69) is 10.3 Å². The highest BCUT2D eigenvalue weighted by Gasteiger charge is 2.05. The first-order valence-corrected chi connectivity index (χ1v) is 6.77. The number of hydrogen-bond donors (Lipinski definition) is 3. The van der Waals surface area contributed by atoms with Crippen molar-refractivity contribution in [3.63, 3.8) is 0 Å². The fourth-order valence-corrected chi connectivity index (χ4v) is 2.41. The first-order valence-electron chi connectivity index (χ1n) is 6.77. The Balaban J connectivity index is 1.99. The number of aromatic carboxylic acids is 1. The number of aryl methyl sites for hydroxylation is 1. The highest BCUT2D eigenvalue weighted by Crippen LogP contribution is 2.22. The molecule has 3 aromatic rings. The van der Waals surface area contributed by atoms with E-state index in [0.29, 0.717) is 5.69 Å². The summed E-state index contributed by atoms with van der Waals surface area (Å²) in [6.45, 7) is 1.89. The molecule has 5 nitrogen and oxygen atoms in total. The van der Waals surface area contributed by atoms with Crippen LogP contribution in [0.1, 0.15) is 15.9 Å². The fourth-order valence-electron chi connectivity index (χ4n) is 2.41. The molecule has 0 saturated heterocycles. The topological polar surface area (TPSA) is 82.2 Å². The van der Waals surface area contributed by atoms with Gasteiger partial charge in [-0.05, 0) is 42.8 Å². The zero-order chi connectivity index (χ0) is 15.7. The predicted molar refractivity (Wildman–Crippen MR) is 86.0 cm³/mol. The minimum atomic E-state index is -0.970. The Morgan fingerprint density at radius 2 is 1.86 bits per heavy atom. The summed E-state index contributed by atoms with van der Waals surface area (Å²) in [5, 5.41) is 13.1. The van der Waals surface area contributed by atoms with Crippen molar-refractivity contribution in [1.29, 1.82) is 0 Å². The number of H-pyrrole nitrogens is 1. The number of fused-ring (bicyclic) bond motifs is 1. The Bertz CT molecular complexity index is 929. The van der Waals surface area contributed by atoms with Crippen LogP contribution < -0.4 is 10.9 Å². The summed E-state index contributed by atoms with van der Waals surface area (Å²) in [4.78, 5) is 25.3. The van der Waals surface area contributed by atoms with Gasteiger partial charge in [-0.25, -0.2) is 4.79 Å². The van der Waals surface area contributed by atoms with E-state index >= 15 is 0 Å². The van der Waals surface area contributed by atoms with Crippen LogP contribution in [0.3, 0.4) is 0 Å². The maximum absolute atomic E-state index is 11.6. The first-order chi connectivity index (χ1) is 10.5. The molecule has 1 heterocycles. The zero-order valence-electron chi connectivity index (χ0n) is 11.9. The van der Waals surface area contributed by atoms with Crippen molar-refractivity contribution in [3.8, 4) is 0 Å². The number of nitrogens with one attached hydrogen (secondary N) is 2. The van der Waals surface area contributed by atoms with Crippen LogP contribution in [0.2, 0.25) is 0 Å². The summed E-state index contributed by atoms with van der Waals surface area (Å²) in [6.07, 6.45) is 0. The minimum absolute atomic E-state index is 0.143. The number of aromatic amines is 1. The van der Waals surface area contributed by atoms with Crippen molar-refractivity contribution in [2.45, 2.75) is 6.92 Å². The smallest absolute Gasteiger partial charge is 0.335 e. The SMILES string of the molecule is Cc1cc(=O)[nH]c2cc(Nc3cccc(C(=O)O)c3)ccc12. The van der Waals surface area contributed by atoms with E-state index in [1.807, 2.05) is 25.1 Å². The van der Waals surface area contributed by atoms with Crippen LogP contribution in [-0.2, 0) is 0 Å². The molecule has 5 heteroatoms. The summed E-state index contributed by atoms with van der Waals surface area (Å²) in [7, 11) is 0. The predicted octanol–water partition coefficient (Wildman–Crippen LogP) is 3.28. The van der Waals surface area contributed by atoms with Crippen molar-refractivity contribution in [1.82, 2.24) is 4.98 Å². The van der Waals surface area contributed by atoms with Gasteiger partial charge < -0.3 is 15.4 Å². The van der Waals surface area contributed by atoms with Gasteiger partial charge in [0.05, 0.1) is 11.1 Å². The van der Waals surface area contributed by atoms with Gasteiger partial charge in [0, 0.05) is 22.8 Å². The van der Waals surface area contributed by atoms with E-state index in [9.17, 15) is 9.59 Å². The maximum atomic E-state index is 11.6. The lowest BCUT2D eigenvalue weighted by Gasteiger charge is -2.09. The molecule has 0 radical (unpaired) electrons. The van der Waals surface area contributed by atoms with Crippen LogP contribution in [0, 0.1) is 6.92 Å². The second-order valence-electron chi connectivity index (χ2n) is 5.09. The molecule has 0 aliphatic rings. The highest BCUT2D eigenvalue weighted by molar-refractivity contribution is 5.89. The number of anilines is 2. The lowest BCUT2D eigenvalue weighted by molar-refractivity contribution is 0.0697. The molecule has 0 atom stereocenters. The average Bonchev–Trinajstić information content (AvgIpc) is 2.47. The Labute approximate surface area is 126 Å². The molecule has 0 saturated carbocycles. The van der Waals surface area contributed by atoms with Crippen molar-refractivity contribution in [2.24, 2.45) is 0 Å². The van der Waals surface area contributed by atoms with Gasteiger partial charge in [-0.1, -0.05) is 12.1 Å². The van der Waals surface area contributed by atoms with Gasteiger partial charge in [-0.2, -0.15) is 0 Å². The van der Waals surface area contributed by atoms with Crippen LogP contribution in [0.15, 0.2) is 53.3 Å². The zero-order valence-corrected chi connectivity index (χ0v) is 11.9. The van der Waals surface area contributed by atoms with E-state index in [-0.39, 0.29) is 11.1 Å². The number of carboxylic acids is 1. The third-order valence-electron chi connectivity index (χ3n) is 3.45. The molecule has 3 rings (SSSR count). The lowest BCUT2D eigenvalue weighted by Crippen LogP contribution is -2.05. The van der Waals surface area contributed by atoms with Crippen molar-refractivity contribution in [2.75, 3.05) is 5.32 Å². The van der Waals surface area contributed by atoms with Gasteiger partial charge in [-0.3, -0.25) is 4.79 Å². The lowest BCUT2D eigenvalue weighted by atomic mass is 10.1. The number of rotatable bonds is 3. The highest BCUT2D eigenvalue weighted by atomic mass is 16.4. The molecule has 0 unspecified atom stereocenters. The molecule has 22 heavy (non-hydrogen) atoms. The van der Waals surface area contributed by atoms with Gasteiger partial charge in [0.1, 0.15) is 0 Å². The van der Waals surface area contributed by atoms with E-state index in [0.717, 1.165) is 22.2 Å². The molecular formula is C17H14N2O3. The molecule has 0 amide bonds. The molecule has 0 aliphatic carbocycles. The first kappa shape index (κ1) is 13.9. The van der Waals surface area contributed by atoms with E-state index in [1.54, 1.807) is 24.3 Å². The molecule has 110 valence electrons. The number of benzene rings is 2. The molecule has 0 aliphatic heterocycles. The average molecular weight is 294 g/mol. The Morgan fingerprint density at radius 3 is 2.64 bits per heavy atom.